The van der Waals surface area contributed by atoms with Crippen LogP contribution in [-0.4, -0.2) is 17.9 Å². The van der Waals surface area contributed by atoms with Crippen molar-refractivity contribution in [1.29, 1.82) is 0 Å². The van der Waals surface area contributed by atoms with Gasteiger partial charge in [0.05, 0.1) is 17.4 Å². The van der Waals surface area contributed by atoms with E-state index in [4.69, 9.17) is 4.74 Å². The number of hydrogen-bond acceptors (Lipinski definition) is 2. The van der Waals surface area contributed by atoms with Crippen molar-refractivity contribution in [3.8, 4) is 0 Å². The summed E-state index contributed by atoms with van der Waals surface area (Å²) in [6, 6.07) is 15.7. The van der Waals surface area contributed by atoms with Crippen LogP contribution in [0, 0.1) is 6.92 Å². The molecule has 2 aromatic carbocycles. The molecule has 0 aromatic heterocycles. The maximum Gasteiger partial charge on any atom is 0.0852 e. The summed E-state index contributed by atoms with van der Waals surface area (Å²) in [6.07, 6.45) is 0.782. The van der Waals surface area contributed by atoms with Crippen LogP contribution in [0.5, 0.6) is 0 Å². The van der Waals surface area contributed by atoms with Gasteiger partial charge in [-0.3, -0.25) is 0 Å². The molecule has 19 heavy (non-hydrogen) atoms. The van der Waals surface area contributed by atoms with Crippen LogP contribution in [0.3, 0.4) is 0 Å². The fourth-order valence-electron chi connectivity index (χ4n) is 1.89. The lowest BCUT2D eigenvalue weighted by Crippen LogP contribution is -2.02. The lowest BCUT2D eigenvalue weighted by atomic mass is 10.2. The summed E-state index contributed by atoms with van der Waals surface area (Å²) < 4.78 is 17.7. The largest absolute Gasteiger partial charge is 0.384 e. The van der Waals surface area contributed by atoms with Crippen LogP contribution >= 0.6 is 0 Å². The summed E-state index contributed by atoms with van der Waals surface area (Å²) in [7, 11) is 0.554. The Morgan fingerprint density at radius 3 is 2.42 bits per heavy atom. The molecule has 2 nitrogen and oxygen atoms in total. The standard InChI is InChI=1S/C16H18O2S/c1-13-7-9-15(10-8-13)19(17)16-6-4-3-5-14(16)11-12-18-2/h3-10H,11-12H2,1-2H3. The van der Waals surface area contributed by atoms with Gasteiger partial charge in [0.25, 0.3) is 0 Å². The fourth-order valence-corrected chi connectivity index (χ4v) is 3.14. The highest BCUT2D eigenvalue weighted by molar-refractivity contribution is 7.85. The van der Waals surface area contributed by atoms with Gasteiger partial charge < -0.3 is 4.74 Å². The van der Waals surface area contributed by atoms with Gasteiger partial charge in [0.15, 0.2) is 0 Å². The van der Waals surface area contributed by atoms with Crippen molar-refractivity contribution in [1.82, 2.24) is 0 Å². The van der Waals surface area contributed by atoms with Crippen molar-refractivity contribution in [2.45, 2.75) is 23.1 Å². The molecule has 0 saturated heterocycles. The van der Waals surface area contributed by atoms with Gasteiger partial charge in [0.2, 0.25) is 0 Å². The molecule has 0 aliphatic rings. The van der Waals surface area contributed by atoms with Crippen LogP contribution in [0.25, 0.3) is 0 Å². The smallest absolute Gasteiger partial charge is 0.0852 e. The minimum atomic E-state index is -1.13. The highest BCUT2D eigenvalue weighted by Crippen LogP contribution is 2.21. The number of rotatable bonds is 5. The molecule has 0 aliphatic carbocycles. The lowest BCUT2D eigenvalue weighted by molar-refractivity contribution is 0.202. The molecule has 0 spiro atoms. The summed E-state index contributed by atoms with van der Waals surface area (Å²) in [6.45, 7) is 2.67. The maximum atomic E-state index is 12.6. The SMILES string of the molecule is COCCc1ccccc1S(=O)c1ccc(C)cc1. The minimum Gasteiger partial charge on any atom is -0.384 e. The second-order valence-corrected chi connectivity index (χ2v) is 5.88. The number of methoxy groups -OCH3 is 1. The average Bonchev–Trinajstić information content (AvgIpc) is 2.45. The van der Waals surface area contributed by atoms with Gasteiger partial charge in [-0.15, -0.1) is 0 Å². The van der Waals surface area contributed by atoms with Crippen molar-refractivity contribution in [2.24, 2.45) is 0 Å². The van der Waals surface area contributed by atoms with Crippen molar-refractivity contribution < 1.29 is 8.95 Å². The van der Waals surface area contributed by atoms with E-state index in [1.54, 1.807) is 7.11 Å². The van der Waals surface area contributed by atoms with Crippen LogP contribution in [0.4, 0.5) is 0 Å². The van der Waals surface area contributed by atoms with Gasteiger partial charge in [-0.1, -0.05) is 35.9 Å². The third-order valence-corrected chi connectivity index (χ3v) is 4.48. The van der Waals surface area contributed by atoms with Crippen LogP contribution in [0.2, 0.25) is 0 Å². The fraction of sp³-hybridized carbons (Fsp3) is 0.250. The Bertz CT molecular complexity index is 561. The molecule has 3 heteroatoms. The highest BCUT2D eigenvalue weighted by atomic mass is 32.2. The summed E-state index contributed by atoms with van der Waals surface area (Å²) in [4.78, 5) is 1.72. The van der Waals surface area contributed by atoms with Gasteiger partial charge in [-0.25, -0.2) is 4.21 Å². The molecule has 2 aromatic rings. The minimum absolute atomic E-state index is 0.641. The molecule has 0 radical (unpaired) electrons. The molecule has 1 atom stereocenters. The van der Waals surface area contributed by atoms with E-state index in [-0.39, 0.29) is 0 Å². The van der Waals surface area contributed by atoms with Gasteiger partial charge in [-0.05, 0) is 37.1 Å². The van der Waals surface area contributed by atoms with E-state index in [9.17, 15) is 4.21 Å². The van der Waals surface area contributed by atoms with Crippen molar-refractivity contribution in [3.63, 3.8) is 0 Å². The number of hydrogen-bond donors (Lipinski definition) is 0. The first kappa shape index (κ1) is 14.0. The molecule has 100 valence electrons. The van der Waals surface area contributed by atoms with E-state index in [1.165, 1.54) is 5.56 Å². The molecule has 0 saturated carbocycles. The van der Waals surface area contributed by atoms with E-state index >= 15 is 0 Å². The summed E-state index contributed by atoms with van der Waals surface area (Å²) >= 11 is 0. The van der Waals surface area contributed by atoms with E-state index in [2.05, 4.69) is 0 Å². The van der Waals surface area contributed by atoms with Crippen LogP contribution in [0.1, 0.15) is 11.1 Å². The molecule has 1 unspecified atom stereocenters. The van der Waals surface area contributed by atoms with Crippen LogP contribution < -0.4 is 0 Å². The molecule has 0 aliphatic heterocycles. The van der Waals surface area contributed by atoms with Gasteiger partial charge in [0, 0.05) is 16.9 Å². The molecular weight excluding hydrogens is 256 g/mol. The molecule has 0 bridgehead atoms. The number of aryl methyl sites for hydroxylation is 1. The third kappa shape index (κ3) is 3.52. The first-order valence-corrected chi connectivity index (χ1v) is 7.42. The van der Waals surface area contributed by atoms with Crippen LogP contribution in [-0.2, 0) is 22.0 Å². The highest BCUT2D eigenvalue weighted by Gasteiger charge is 2.11. The van der Waals surface area contributed by atoms with Crippen LogP contribution in [0.15, 0.2) is 58.3 Å². The molecule has 2 rings (SSSR count). The Morgan fingerprint density at radius 2 is 1.74 bits per heavy atom. The zero-order valence-corrected chi connectivity index (χ0v) is 12.1. The quantitative estimate of drug-likeness (QED) is 0.836. The molecule has 0 fully saturated rings. The Hall–Kier alpha value is -1.45. The van der Waals surface area contributed by atoms with Crippen molar-refractivity contribution >= 4 is 10.8 Å². The summed E-state index contributed by atoms with van der Waals surface area (Å²) in [5.74, 6) is 0. The number of ether oxygens (including phenoxy) is 1. The predicted octanol–water partition coefficient (Wildman–Crippen LogP) is 3.35. The predicted molar refractivity (Wildman–Crippen MR) is 77.9 cm³/mol. The molecular formula is C16H18O2S. The first-order chi connectivity index (χ1) is 9.22. The monoisotopic (exact) mass is 274 g/mol. The van der Waals surface area contributed by atoms with Gasteiger partial charge in [0.1, 0.15) is 0 Å². The van der Waals surface area contributed by atoms with Crippen molar-refractivity contribution in [3.05, 3.63) is 59.7 Å². The number of benzene rings is 2. The molecule has 0 N–H and O–H groups in total. The second-order valence-electron chi connectivity index (χ2n) is 4.43. The summed E-state index contributed by atoms with van der Waals surface area (Å²) in [5, 5.41) is 0. The third-order valence-electron chi connectivity index (χ3n) is 2.98. The molecule has 0 heterocycles. The van der Waals surface area contributed by atoms with E-state index < -0.39 is 10.8 Å². The lowest BCUT2D eigenvalue weighted by Gasteiger charge is -2.09. The normalized spacial score (nSPS) is 12.3. The maximum absolute atomic E-state index is 12.6. The Kier molecular flexibility index (Phi) is 4.88. The zero-order valence-electron chi connectivity index (χ0n) is 11.3. The van der Waals surface area contributed by atoms with Crippen molar-refractivity contribution in [2.75, 3.05) is 13.7 Å². The topological polar surface area (TPSA) is 26.3 Å². The Morgan fingerprint density at radius 1 is 1.05 bits per heavy atom. The first-order valence-electron chi connectivity index (χ1n) is 6.27. The van der Waals surface area contributed by atoms with E-state index in [0.717, 1.165) is 21.8 Å². The Labute approximate surface area is 116 Å². The zero-order chi connectivity index (χ0) is 13.7. The van der Waals surface area contributed by atoms with E-state index in [1.807, 2.05) is 55.5 Å². The van der Waals surface area contributed by atoms with Gasteiger partial charge >= 0.3 is 0 Å². The van der Waals surface area contributed by atoms with E-state index in [0.29, 0.717) is 6.61 Å². The molecule has 0 amide bonds. The summed E-state index contributed by atoms with van der Waals surface area (Å²) in [5.41, 5.74) is 2.26. The Balaban J connectivity index is 2.30. The average molecular weight is 274 g/mol. The second kappa shape index (κ2) is 6.64. The van der Waals surface area contributed by atoms with Gasteiger partial charge in [-0.2, -0.15) is 0 Å².